The van der Waals surface area contributed by atoms with Gasteiger partial charge < -0.3 is 37.9 Å². The van der Waals surface area contributed by atoms with E-state index in [0.29, 0.717) is 69.1 Å². The van der Waals surface area contributed by atoms with E-state index in [1.54, 1.807) is 20.8 Å². The van der Waals surface area contributed by atoms with Crippen molar-refractivity contribution in [1.82, 2.24) is 0 Å². The third-order valence-electron chi connectivity index (χ3n) is 25.8. The lowest BCUT2D eigenvalue weighted by molar-refractivity contribution is -0.167. The van der Waals surface area contributed by atoms with E-state index in [1.165, 1.54) is 117 Å². The van der Waals surface area contributed by atoms with Crippen molar-refractivity contribution < 1.29 is 142 Å². The molecule has 0 amide bonds. The van der Waals surface area contributed by atoms with E-state index in [0.717, 1.165) is 118 Å². The Hall–Kier alpha value is -7.37. The van der Waals surface area contributed by atoms with Gasteiger partial charge in [-0.2, -0.15) is 65.9 Å². The Kier molecular flexibility index (Phi) is 36.6. The minimum absolute atomic E-state index is 0.145. The molecule has 0 aromatic carbocycles. The average Bonchev–Trinajstić information content (AvgIpc) is 1.53. The third kappa shape index (κ3) is 29.4. The first-order valence-electron chi connectivity index (χ1n) is 41.5. The summed E-state index contributed by atoms with van der Waals surface area (Å²) in [5.41, 5.74) is -11.8. The van der Waals surface area contributed by atoms with Crippen molar-refractivity contribution >= 4 is 47.8 Å². The molecule has 0 saturated heterocycles. The van der Waals surface area contributed by atoms with Crippen LogP contribution in [0.15, 0.2) is 98.7 Å². The largest absolute Gasteiger partial charge is 0.456 e. The SMILES string of the molecule is C=C(C(=O)OC(C)(C)C)C(F)(F)F.C=C(C(=O)OC(C)(C)CC)C(F)(F)F.C=C(C(=O)OC1(C)CCCC1)C(F)(F)F.C=C(C(=O)OC1(C)CCCCC1)C(F)(F)F.C=C(C(=O)OC1(CC)CCCC1)C(F)(F)F.C=CC(=O)OC1(C)CC2CCC1C2.C=CC(=O)OC1(CC)CC2CC1C1C3CCC(C3)C21.C=CC(=O)OC1(CC)CC2CCC1C2. The van der Waals surface area contributed by atoms with Gasteiger partial charge in [0.2, 0.25) is 0 Å². The van der Waals surface area contributed by atoms with Crippen LogP contribution in [-0.4, -0.2) is 123 Å². The summed E-state index contributed by atoms with van der Waals surface area (Å²) in [4.78, 5) is 89.4. The number of hydrogen-bond acceptors (Lipinski definition) is 16. The summed E-state index contributed by atoms with van der Waals surface area (Å²) in [5, 5.41) is 0. The molecule has 0 heterocycles. The maximum absolute atomic E-state index is 12.2. The monoisotopic (exact) mass is 1730 g/mol. The number of rotatable bonds is 19. The average molecular weight is 1740 g/mol. The highest BCUT2D eigenvalue weighted by molar-refractivity contribution is 5.91. The Morgan fingerprint density at radius 2 is 0.725 bits per heavy atom. The molecule has 13 atom stereocenters. The molecule has 0 aromatic heterocycles. The van der Waals surface area contributed by atoms with Gasteiger partial charge in [0.1, 0.15) is 72.7 Å². The number of carbonyl (C=O) groups excluding carboxylic acids is 8. The molecule has 0 aliphatic heterocycles. The summed E-state index contributed by atoms with van der Waals surface area (Å²) >= 11 is 0. The van der Waals surface area contributed by atoms with Crippen molar-refractivity contribution in [2.24, 2.45) is 59.2 Å². The molecule has 16 nitrogen and oxygen atoms in total. The molecule has 11 aliphatic carbocycles. The van der Waals surface area contributed by atoms with Gasteiger partial charge in [-0.15, -0.1) is 0 Å². The highest BCUT2D eigenvalue weighted by atomic mass is 19.4. The lowest BCUT2D eigenvalue weighted by Gasteiger charge is -2.45. The molecule has 13 unspecified atom stereocenters. The number of esters is 8. The fourth-order valence-corrected chi connectivity index (χ4v) is 19.1. The quantitative estimate of drug-likeness (QED) is 0.0387. The predicted octanol–water partition coefficient (Wildman–Crippen LogP) is 23.6. The van der Waals surface area contributed by atoms with Crippen molar-refractivity contribution in [2.45, 2.75) is 351 Å². The molecule has 31 heteroatoms. The zero-order chi connectivity index (χ0) is 91.8. The number of ether oxygens (including phenoxy) is 8. The molecule has 11 rings (SSSR count). The van der Waals surface area contributed by atoms with Crippen LogP contribution < -0.4 is 0 Å². The van der Waals surface area contributed by atoms with Crippen LogP contribution in [0.2, 0.25) is 0 Å². The molecular formula is C89H125F15O16. The van der Waals surface area contributed by atoms with E-state index in [4.69, 9.17) is 28.4 Å². The molecule has 0 radical (unpaired) electrons. The number of fused-ring (bicyclic) bond motifs is 13. The first-order valence-corrected chi connectivity index (χ1v) is 41.5. The fourth-order valence-electron chi connectivity index (χ4n) is 19.1. The van der Waals surface area contributed by atoms with Crippen LogP contribution in [0.5, 0.6) is 0 Å². The van der Waals surface area contributed by atoms with E-state index < -0.39 is 117 Å². The second-order valence-corrected chi connectivity index (χ2v) is 35.9. The van der Waals surface area contributed by atoms with Crippen molar-refractivity contribution in [3.8, 4) is 0 Å². The van der Waals surface area contributed by atoms with Crippen molar-refractivity contribution in [1.29, 1.82) is 0 Å². The molecule has 682 valence electrons. The maximum atomic E-state index is 12.2. The topological polar surface area (TPSA) is 210 Å². The number of alkyl halides is 15. The molecule has 8 bridgehead atoms. The summed E-state index contributed by atoms with van der Waals surface area (Å²) in [6.07, 6.45) is 9.88. The van der Waals surface area contributed by atoms with Crippen LogP contribution in [0, 0.1) is 59.2 Å². The van der Waals surface area contributed by atoms with Crippen LogP contribution in [0.25, 0.3) is 0 Å². The van der Waals surface area contributed by atoms with Crippen LogP contribution in [0.3, 0.4) is 0 Å². The second kappa shape index (κ2) is 41.9. The van der Waals surface area contributed by atoms with Gasteiger partial charge in [-0.3, -0.25) is 0 Å². The molecule has 0 spiro atoms. The van der Waals surface area contributed by atoms with E-state index >= 15 is 0 Å². The normalized spacial score (nSPS) is 28.2. The van der Waals surface area contributed by atoms with E-state index in [1.807, 2.05) is 6.92 Å². The van der Waals surface area contributed by atoms with Crippen LogP contribution in [-0.2, 0) is 76.3 Å². The molecule has 120 heavy (non-hydrogen) atoms. The summed E-state index contributed by atoms with van der Waals surface area (Å²) in [7, 11) is 0. The summed E-state index contributed by atoms with van der Waals surface area (Å²) in [6.45, 7) is 44.6. The van der Waals surface area contributed by atoms with Gasteiger partial charge in [0.25, 0.3) is 0 Å². The van der Waals surface area contributed by atoms with E-state index in [-0.39, 0.29) is 34.7 Å². The third-order valence-corrected chi connectivity index (χ3v) is 25.8. The Labute approximate surface area is 696 Å². The standard InChI is InChI=1S/C17H24O2.C12H18O2.2C11H15F3O2.C11H16O2.C10H13F3O2.C9H13F3O2.C8H11F3O2/c1-3-14(18)19-17(4-2)9-12-8-13(17)16-11-6-5-10(7-11)15(12)16;1-3-11(13)14-12(4-2)8-9-5-6-10(12)7-9;1-8(11(12,13)14)9(15)16-10(2)6-4-3-5-7-10;1-3-10(6-4-5-7-10)16-9(15)8(2)11(12,13)14;1-3-10(12)13-11(2)7-8-4-5-9(11)6-8;1-7(10(11,12)13)8(14)15-9(2)5-3-4-6-9;1-5-8(3,4)14-7(13)6(2)9(10,11)12;1-5(8(9,10)11)6(12)13-7(2,3)4/h3,10-13,15-16H,1,4-9H2,2H3;3,9-10H,1,4-8H2,2H3;1,3-7H2,2H3;2-7H2,1H3;3,8-9H,1,4-7H2,2H3;1,3-6H2,2H3;2,5H2,1,3-4H3;1H2,2-4H3. The van der Waals surface area contributed by atoms with Gasteiger partial charge in [-0.1, -0.05) is 86.7 Å². The predicted molar refractivity (Wildman–Crippen MR) is 419 cm³/mol. The zero-order valence-electron chi connectivity index (χ0n) is 71.6. The Morgan fingerprint density at radius 3 is 1.07 bits per heavy atom. The van der Waals surface area contributed by atoms with Gasteiger partial charge in [-0.05, 0) is 295 Å². The molecular weight excluding hydrogens is 1610 g/mol. The van der Waals surface area contributed by atoms with Gasteiger partial charge in [0, 0.05) is 24.1 Å². The number of halogens is 15. The molecule has 0 N–H and O–H groups in total. The van der Waals surface area contributed by atoms with Crippen molar-refractivity contribution in [3.63, 3.8) is 0 Å². The first-order chi connectivity index (χ1) is 55.0. The zero-order valence-corrected chi connectivity index (χ0v) is 71.6. The van der Waals surface area contributed by atoms with Crippen molar-refractivity contribution in [2.75, 3.05) is 0 Å². The maximum Gasteiger partial charge on any atom is 0.422 e. The van der Waals surface area contributed by atoms with E-state index in [2.05, 4.69) is 82.9 Å². The molecule has 11 saturated carbocycles. The van der Waals surface area contributed by atoms with Gasteiger partial charge >= 0.3 is 78.6 Å². The first kappa shape index (κ1) is 105. The van der Waals surface area contributed by atoms with Crippen LogP contribution in [0.1, 0.15) is 276 Å². The summed E-state index contributed by atoms with van der Waals surface area (Å²) in [5.74, 6) is 0.477. The number of carbonyl (C=O) groups is 8. The Bertz CT molecular complexity index is 3650. The second-order valence-electron chi connectivity index (χ2n) is 35.9. The highest BCUT2D eigenvalue weighted by Crippen LogP contribution is 2.71. The Morgan fingerprint density at radius 1 is 0.367 bits per heavy atom. The summed E-state index contributed by atoms with van der Waals surface area (Å²) in [6, 6.07) is 0. The minimum atomic E-state index is -4.72. The molecule has 11 aliphatic rings. The lowest BCUT2D eigenvalue weighted by atomic mass is 9.65. The van der Waals surface area contributed by atoms with E-state index in [9.17, 15) is 104 Å². The summed E-state index contributed by atoms with van der Waals surface area (Å²) < 4.78 is 222. The van der Waals surface area contributed by atoms with Gasteiger partial charge in [-0.25, -0.2) is 38.4 Å². The van der Waals surface area contributed by atoms with Crippen molar-refractivity contribution in [3.05, 3.63) is 98.7 Å². The van der Waals surface area contributed by atoms with Crippen LogP contribution in [0.4, 0.5) is 65.9 Å². The molecule has 0 aromatic rings. The number of hydrogen-bond donors (Lipinski definition) is 0. The lowest BCUT2D eigenvalue weighted by Crippen LogP contribution is -2.47. The van der Waals surface area contributed by atoms with Crippen LogP contribution >= 0.6 is 0 Å². The fraction of sp³-hybridized carbons (Fsp3) is 0.730. The highest BCUT2D eigenvalue weighted by Gasteiger charge is 2.68. The Balaban J connectivity index is 0.000000289. The van der Waals surface area contributed by atoms with Gasteiger partial charge in [0.15, 0.2) is 0 Å². The minimum Gasteiger partial charge on any atom is -0.456 e. The smallest absolute Gasteiger partial charge is 0.422 e. The van der Waals surface area contributed by atoms with Gasteiger partial charge in [0.05, 0.1) is 0 Å². The molecule has 11 fully saturated rings.